The number of nitrogens with zero attached hydrogens (tertiary/aromatic N) is 1. The first-order valence-corrected chi connectivity index (χ1v) is 11.1. The summed E-state index contributed by atoms with van der Waals surface area (Å²) in [5.41, 5.74) is 3.23. The van der Waals surface area contributed by atoms with Crippen LogP contribution in [0.4, 0.5) is 11.4 Å². The number of nitrogens with one attached hydrogen (secondary N) is 1. The first kappa shape index (κ1) is 22.0. The van der Waals surface area contributed by atoms with Crippen molar-refractivity contribution >= 4 is 17.3 Å². The van der Waals surface area contributed by atoms with E-state index in [0.717, 1.165) is 17.0 Å². The molecular weight excluding hydrogens is 376 g/mol. The molecule has 0 unspecified atom stereocenters. The molecule has 5 heteroatoms. The van der Waals surface area contributed by atoms with Gasteiger partial charge in [-0.2, -0.15) is 0 Å². The number of hydrogen-bond acceptors (Lipinski definition) is 3. The van der Waals surface area contributed by atoms with Gasteiger partial charge in [-0.05, 0) is 60.3 Å². The summed E-state index contributed by atoms with van der Waals surface area (Å²) in [6.45, 7) is 3.60. The van der Waals surface area contributed by atoms with Gasteiger partial charge in [-0.1, -0.05) is 62.9 Å². The molecule has 1 N–H and O–H groups in total. The number of carbonyl (C=O) groups excluding carboxylic acids is 1. The molecule has 0 radical (unpaired) electrons. The molecule has 1 amide bonds. The summed E-state index contributed by atoms with van der Waals surface area (Å²) in [6, 6.07) is 13.4. The van der Waals surface area contributed by atoms with Crippen LogP contribution in [0.3, 0.4) is 0 Å². The smallest absolute Gasteiger partial charge is 0.293 e. The van der Waals surface area contributed by atoms with Crippen LogP contribution >= 0.6 is 0 Å². The van der Waals surface area contributed by atoms with Gasteiger partial charge in [0.25, 0.3) is 5.69 Å². The molecule has 1 aliphatic carbocycles. The van der Waals surface area contributed by atoms with Gasteiger partial charge in [-0.3, -0.25) is 14.9 Å². The molecule has 160 valence electrons. The molecule has 0 heterocycles. The molecule has 0 bridgehead atoms. The monoisotopic (exact) mass is 408 g/mol. The van der Waals surface area contributed by atoms with E-state index in [9.17, 15) is 14.9 Å². The lowest BCUT2D eigenvalue weighted by atomic mass is 9.77. The van der Waals surface area contributed by atoms with Crippen molar-refractivity contribution in [3.8, 4) is 11.1 Å². The molecule has 1 saturated carbocycles. The number of nitro benzene ring substituents is 1. The molecule has 0 spiro atoms. The summed E-state index contributed by atoms with van der Waals surface area (Å²) in [5.74, 6) is 1.20. The number of unbranched alkanes of at least 4 members (excludes halogenated alkanes) is 2. The summed E-state index contributed by atoms with van der Waals surface area (Å²) in [6.07, 6.45) is 10.6. The van der Waals surface area contributed by atoms with Crippen molar-refractivity contribution in [3.05, 3.63) is 58.1 Å². The highest BCUT2D eigenvalue weighted by Crippen LogP contribution is 2.38. The predicted molar refractivity (Wildman–Crippen MR) is 122 cm³/mol. The molecular formula is C25H32N2O3. The molecule has 5 nitrogen and oxygen atoms in total. The highest BCUT2D eigenvalue weighted by Gasteiger charge is 2.22. The van der Waals surface area contributed by atoms with E-state index in [1.165, 1.54) is 69.9 Å². The van der Waals surface area contributed by atoms with Gasteiger partial charge < -0.3 is 5.32 Å². The Morgan fingerprint density at radius 3 is 2.30 bits per heavy atom. The fraction of sp³-hybridized carbons (Fsp3) is 0.480. The average Bonchev–Trinajstić information content (AvgIpc) is 2.74. The minimum atomic E-state index is -0.456. The zero-order chi connectivity index (χ0) is 21.5. The van der Waals surface area contributed by atoms with Crippen LogP contribution in [0.2, 0.25) is 0 Å². The van der Waals surface area contributed by atoms with Crippen LogP contribution in [0.15, 0.2) is 42.5 Å². The number of anilines is 1. The van der Waals surface area contributed by atoms with Crippen molar-refractivity contribution in [2.24, 2.45) is 5.92 Å². The SMILES string of the molecule is CCCCCC1CCC(c2ccc(-c3ccc(NC(C)=O)c([N+](=O)[O-])c3)cc2)CC1. The van der Waals surface area contributed by atoms with Crippen LogP contribution < -0.4 is 5.32 Å². The second-order valence-electron chi connectivity index (χ2n) is 8.51. The Morgan fingerprint density at radius 2 is 1.70 bits per heavy atom. The van der Waals surface area contributed by atoms with E-state index in [4.69, 9.17) is 0 Å². The first-order valence-electron chi connectivity index (χ1n) is 11.1. The van der Waals surface area contributed by atoms with Gasteiger partial charge in [0.2, 0.25) is 5.91 Å². The lowest BCUT2D eigenvalue weighted by molar-refractivity contribution is -0.383. The largest absolute Gasteiger partial charge is 0.321 e. The molecule has 2 aromatic carbocycles. The van der Waals surface area contributed by atoms with Gasteiger partial charge >= 0.3 is 0 Å². The van der Waals surface area contributed by atoms with Crippen LogP contribution in [0, 0.1) is 16.0 Å². The van der Waals surface area contributed by atoms with Crippen molar-refractivity contribution in [1.29, 1.82) is 0 Å². The van der Waals surface area contributed by atoms with Gasteiger partial charge in [0.15, 0.2) is 0 Å². The van der Waals surface area contributed by atoms with E-state index in [-0.39, 0.29) is 17.3 Å². The van der Waals surface area contributed by atoms with Crippen LogP contribution in [0.1, 0.15) is 76.7 Å². The lowest BCUT2D eigenvalue weighted by Crippen LogP contribution is -2.13. The topological polar surface area (TPSA) is 72.2 Å². The Bertz CT molecular complexity index is 868. The normalized spacial score (nSPS) is 18.7. The van der Waals surface area contributed by atoms with Crippen LogP contribution in [0.25, 0.3) is 11.1 Å². The van der Waals surface area contributed by atoms with Gasteiger partial charge in [0.05, 0.1) is 4.92 Å². The third-order valence-electron chi connectivity index (χ3n) is 6.28. The number of amides is 1. The second-order valence-corrected chi connectivity index (χ2v) is 8.51. The fourth-order valence-electron chi connectivity index (χ4n) is 4.57. The molecule has 0 aromatic heterocycles. The summed E-state index contributed by atoms with van der Waals surface area (Å²) >= 11 is 0. The van der Waals surface area contributed by atoms with Gasteiger partial charge in [-0.25, -0.2) is 0 Å². The number of nitro groups is 1. The molecule has 3 rings (SSSR count). The zero-order valence-corrected chi connectivity index (χ0v) is 18.0. The maximum Gasteiger partial charge on any atom is 0.293 e. The third-order valence-corrected chi connectivity index (χ3v) is 6.28. The van der Waals surface area contributed by atoms with E-state index in [1.54, 1.807) is 6.07 Å². The lowest BCUT2D eigenvalue weighted by Gasteiger charge is -2.29. The highest BCUT2D eigenvalue weighted by atomic mass is 16.6. The summed E-state index contributed by atoms with van der Waals surface area (Å²) < 4.78 is 0. The van der Waals surface area contributed by atoms with Crippen LogP contribution in [0.5, 0.6) is 0 Å². The Labute approximate surface area is 179 Å². The average molecular weight is 409 g/mol. The van der Waals surface area contributed by atoms with E-state index < -0.39 is 4.92 Å². The van der Waals surface area contributed by atoms with E-state index in [1.807, 2.05) is 6.07 Å². The Hall–Kier alpha value is -2.69. The summed E-state index contributed by atoms with van der Waals surface area (Å²) in [4.78, 5) is 22.2. The zero-order valence-electron chi connectivity index (χ0n) is 18.0. The minimum absolute atomic E-state index is 0.0897. The highest BCUT2D eigenvalue weighted by molar-refractivity contribution is 5.92. The fourth-order valence-corrected chi connectivity index (χ4v) is 4.57. The molecule has 0 saturated heterocycles. The standard InChI is InChI=1S/C25H32N2O3/c1-3-4-5-6-19-7-9-20(10-8-19)21-11-13-22(14-12-21)23-15-16-24(26-18(2)28)25(17-23)27(29)30/h11-17,19-20H,3-10H2,1-2H3,(H,26,28). The minimum Gasteiger partial charge on any atom is -0.321 e. The van der Waals surface area contributed by atoms with Gasteiger partial charge in [-0.15, -0.1) is 0 Å². The number of carbonyl (C=O) groups is 1. The Kier molecular flexibility index (Phi) is 7.61. The van der Waals surface area contributed by atoms with Crippen LogP contribution in [-0.2, 0) is 4.79 Å². The molecule has 30 heavy (non-hydrogen) atoms. The first-order chi connectivity index (χ1) is 14.5. The van der Waals surface area contributed by atoms with E-state index >= 15 is 0 Å². The van der Waals surface area contributed by atoms with Crippen molar-refractivity contribution in [3.63, 3.8) is 0 Å². The van der Waals surface area contributed by atoms with E-state index in [0.29, 0.717) is 5.92 Å². The number of rotatable bonds is 8. The Balaban J connectivity index is 1.67. The second kappa shape index (κ2) is 10.4. The quantitative estimate of drug-likeness (QED) is 0.288. The summed E-state index contributed by atoms with van der Waals surface area (Å²) in [5, 5.41) is 13.9. The number of benzene rings is 2. The van der Waals surface area contributed by atoms with E-state index in [2.05, 4.69) is 36.5 Å². The Morgan fingerprint density at radius 1 is 1.03 bits per heavy atom. The molecule has 0 atom stereocenters. The maximum atomic E-state index is 11.4. The molecule has 0 aliphatic heterocycles. The van der Waals surface area contributed by atoms with Crippen molar-refractivity contribution in [2.75, 3.05) is 5.32 Å². The van der Waals surface area contributed by atoms with Crippen molar-refractivity contribution in [1.82, 2.24) is 0 Å². The van der Waals surface area contributed by atoms with Crippen molar-refractivity contribution < 1.29 is 9.72 Å². The third kappa shape index (κ3) is 5.68. The van der Waals surface area contributed by atoms with Gasteiger partial charge in [0.1, 0.15) is 5.69 Å². The predicted octanol–water partition coefficient (Wildman–Crippen LogP) is 7.07. The van der Waals surface area contributed by atoms with Crippen molar-refractivity contribution in [2.45, 2.75) is 71.1 Å². The molecule has 1 aliphatic rings. The summed E-state index contributed by atoms with van der Waals surface area (Å²) in [7, 11) is 0. The van der Waals surface area contributed by atoms with Crippen LogP contribution in [-0.4, -0.2) is 10.8 Å². The molecule has 2 aromatic rings. The maximum absolute atomic E-state index is 11.4. The van der Waals surface area contributed by atoms with Gasteiger partial charge in [0, 0.05) is 13.0 Å². The molecule has 1 fully saturated rings. The number of hydrogen-bond donors (Lipinski definition) is 1.